The second kappa shape index (κ2) is 8.75. The predicted octanol–water partition coefficient (Wildman–Crippen LogP) is 2.66. The lowest BCUT2D eigenvalue weighted by molar-refractivity contribution is -0.133. The molecule has 2 amide bonds. The van der Waals surface area contributed by atoms with E-state index >= 15 is 0 Å². The molecular formula is C25H34FN3O3. The molecule has 2 saturated heterocycles. The lowest BCUT2D eigenvalue weighted by Crippen LogP contribution is -2.37. The number of hydrogen-bond donors (Lipinski definition) is 0. The standard InChI is InChI=1S/C25H34FN3O3/c1-27(18-7-8-18)23(30)11-17-14-29(13-16-5-3-4-6-20(16)26)21-15-32-22(25(17)21)12-24(31)28(2)19-9-10-19/h3-6,17-19,21-22,25H,7-15H2,1-2H3/t17-,21-,22+,25-/m1/s1. The van der Waals surface area contributed by atoms with Crippen LogP contribution in [-0.2, 0) is 20.9 Å². The largest absolute Gasteiger partial charge is 0.376 e. The maximum atomic E-state index is 14.3. The van der Waals surface area contributed by atoms with Crippen molar-refractivity contribution >= 4 is 11.8 Å². The van der Waals surface area contributed by atoms with Crippen LogP contribution in [0, 0.1) is 17.7 Å². The Labute approximate surface area is 189 Å². The lowest BCUT2D eigenvalue weighted by Gasteiger charge is -2.26. The smallest absolute Gasteiger partial charge is 0.225 e. The molecule has 2 aliphatic carbocycles. The molecule has 1 aromatic carbocycles. The van der Waals surface area contributed by atoms with Crippen molar-refractivity contribution < 1.29 is 18.7 Å². The second-order valence-electron chi connectivity index (χ2n) is 10.2. The molecule has 6 nitrogen and oxygen atoms in total. The van der Waals surface area contributed by atoms with Crippen LogP contribution in [0.5, 0.6) is 0 Å². The first kappa shape index (κ1) is 21.8. The summed E-state index contributed by atoms with van der Waals surface area (Å²) in [6, 6.07) is 7.77. The van der Waals surface area contributed by atoms with Gasteiger partial charge in [-0.15, -0.1) is 0 Å². The molecule has 0 bridgehead atoms. The summed E-state index contributed by atoms with van der Waals surface area (Å²) in [5.74, 6) is 0.345. The fourth-order valence-corrected chi connectivity index (χ4v) is 5.66. The summed E-state index contributed by atoms with van der Waals surface area (Å²) in [5, 5.41) is 0. The van der Waals surface area contributed by atoms with Gasteiger partial charge in [0.05, 0.1) is 19.1 Å². The van der Waals surface area contributed by atoms with E-state index in [9.17, 15) is 14.0 Å². The van der Waals surface area contributed by atoms with Gasteiger partial charge in [-0.2, -0.15) is 0 Å². The van der Waals surface area contributed by atoms with Gasteiger partial charge in [0, 0.05) is 63.2 Å². The predicted molar refractivity (Wildman–Crippen MR) is 118 cm³/mol. The highest BCUT2D eigenvalue weighted by Gasteiger charge is 2.52. The number of carbonyl (C=O) groups excluding carboxylic acids is 2. The molecule has 0 spiro atoms. The van der Waals surface area contributed by atoms with Crippen LogP contribution in [0.25, 0.3) is 0 Å². The van der Waals surface area contributed by atoms with Gasteiger partial charge in [-0.3, -0.25) is 14.5 Å². The molecule has 0 radical (unpaired) electrons. The summed E-state index contributed by atoms with van der Waals surface area (Å²) < 4.78 is 20.5. The molecule has 4 aliphatic rings. The summed E-state index contributed by atoms with van der Waals surface area (Å²) in [7, 11) is 3.79. The molecule has 4 atom stereocenters. The third kappa shape index (κ3) is 4.42. The topological polar surface area (TPSA) is 53.1 Å². The van der Waals surface area contributed by atoms with Crippen LogP contribution in [0.2, 0.25) is 0 Å². The fourth-order valence-electron chi connectivity index (χ4n) is 5.66. The highest BCUT2D eigenvalue weighted by Crippen LogP contribution is 2.43. The Morgan fingerprint density at radius 2 is 1.66 bits per heavy atom. The number of benzene rings is 1. The Bertz CT molecular complexity index is 872. The highest BCUT2D eigenvalue weighted by atomic mass is 19.1. The first-order chi connectivity index (χ1) is 15.4. The number of hydrogen-bond acceptors (Lipinski definition) is 4. The Balaban J connectivity index is 1.32. The summed E-state index contributed by atoms with van der Waals surface area (Å²) in [6.07, 6.45) is 5.00. The van der Waals surface area contributed by atoms with E-state index in [-0.39, 0.29) is 41.6 Å². The van der Waals surface area contributed by atoms with E-state index < -0.39 is 0 Å². The van der Waals surface area contributed by atoms with E-state index in [1.807, 2.05) is 36.0 Å². The second-order valence-corrected chi connectivity index (χ2v) is 10.2. The van der Waals surface area contributed by atoms with Crippen LogP contribution in [0.15, 0.2) is 24.3 Å². The number of nitrogens with zero attached hydrogens (tertiary/aromatic N) is 3. The third-order valence-electron chi connectivity index (χ3n) is 7.96. The minimum Gasteiger partial charge on any atom is -0.376 e. The van der Waals surface area contributed by atoms with Gasteiger partial charge >= 0.3 is 0 Å². The van der Waals surface area contributed by atoms with E-state index in [4.69, 9.17) is 4.74 Å². The van der Waals surface area contributed by atoms with Gasteiger partial charge in [0.15, 0.2) is 0 Å². The van der Waals surface area contributed by atoms with Crippen molar-refractivity contribution in [2.75, 3.05) is 27.2 Å². The number of fused-ring (bicyclic) bond motifs is 1. The molecule has 7 heteroatoms. The third-order valence-corrected chi connectivity index (χ3v) is 7.96. The molecule has 0 unspecified atom stereocenters. The first-order valence-corrected chi connectivity index (χ1v) is 12.0. The van der Waals surface area contributed by atoms with Gasteiger partial charge in [-0.25, -0.2) is 4.39 Å². The van der Waals surface area contributed by atoms with Crippen LogP contribution < -0.4 is 0 Å². The Kier molecular flexibility index (Phi) is 5.97. The summed E-state index contributed by atoms with van der Waals surface area (Å²) in [5.41, 5.74) is 0.668. The zero-order valence-corrected chi connectivity index (χ0v) is 19.1. The molecule has 2 heterocycles. The van der Waals surface area contributed by atoms with Gasteiger partial charge in [0.2, 0.25) is 11.8 Å². The molecule has 2 saturated carbocycles. The molecule has 174 valence electrons. The monoisotopic (exact) mass is 443 g/mol. The number of likely N-dealkylation sites (tertiary alicyclic amines) is 1. The highest BCUT2D eigenvalue weighted by molar-refractivity contribution is 5.78. The molecule has 1 aromatic rings. The average Bonchev–Trinajstić information content (AvgIpc) is 3.70. The van der Waals surface area contributed by atoms with E-state index in [2.05, 4.69) is 4.90 Å². The minimum atomic E-state index is -0.200. The van der Waals surface area contributed by atoms with Crippen molar-refractivity contribution in [3.05, 3.63) is 35.6 Å². The molecule has 5 rings (SSSR count). The first-order valence-electron chi connectivity index (χ1n) is 12.0. The SMILES string of the molecule is CN(C(=O)C[C@@H]1CN(Cc2ccccc2F)[C@@H]2CO[C@@H](CC(=O)N(C)C3CC3)[C@H]12)C1CC1. The van der Waals surface area contributed by atoms with Gasteiger partial charge < -0.3 is 14.5 Å². The zero-order valence-electron chi connectivity index (χ0n) is 19.1. The summed E-state index contributed by atoms with van der Waals surface area (Å²) >= 11 is 0. The van der Waals surface area contributed by atoms with Crippen LogP contribution in [-0.4, -0.2) is 78.0 Å². The number of ether oxygens (including phenoxy) is 1. The Hall–Kier alpha value is -1.99. The average molecular weight is 444 g/mol. The molecule has 0 N–H and O–H groups in total. The molecule has 0 aromatic heterocycles. The zero-order chi connectivity index (χ0) is 22.4. The number of amides is 2. The van der Waals surface area contributed by atoms with E-state index in [1.54, 1.807) is 6.07 Å². The quantitative estimate of drug-likeness (QED) is 0.620. The van der Waals surface area contributed by atoms with Crippen molar-refractivity contribution in [2.24, 2.45) is 11.8 Å². The van der Waals surface area contributed by atoms with E-state index in [0.29, 0.717) is 43.6 Å². The van der Waals surface area contributed by atoms with E-state index in [1.165, 1.54) is 6.07 Å². The minimum absolute atomic E-state index is 0.114. The number of rotatable bonds is 8. The maximum absolute atomic E-state index is 14.3. The van der Waals surface area contributed by atoms with Crippen molar-refractivity contribution in [3.63, 3.8) is 0 Å². The van der Waals surface area contributed by atoms with Crippen molar-refractivity contribution in [3.8, 4) is 0 Å². The van der Waals surface area contributed by atoms with Crippen molar-refractivity contribution in [1.29, 1.82) is 0 Å². The van der Waals surface area contributed by atoms with Gasteiger partial charge in [0.25, 0.3) is 0 Å². The summed E-state index contributed by atoms with van der Waals surface area (Å²) in [6.45, 7) is 1.77. The molecule has 4 fully saturated rings. The number of halogens is 1. The fraction of sp³-hybridized carbons (Fsp3) is 0.680. The van der Waals surface area contributed by atoms with Gasteiger partial charge in [-0.05, 0) is 37.7 Å². The van der Waals surface area contributed by atoms with Crippen LogP contribution in [0.4, 0.5) is 4.39 Å². The van der Waals surface area contributed by atoms with Gasteiger partial charge in [0.1, 0.15) is 5.82 Å². The number of carbonyl (C=O) groups is 2. The van der Waals surface area contributed by atoms with Crippen molar-refractivity contribution in [1.82, 2.24) is 14.7 Å². The van der Waals surface area contributed by atoms with Crippen molar-refractivity contribution in [2.45, 2.75) is 69.3 Å². The molecule has 2 aliphatic heterocycles. The Morgan fingerprint density at radius 3 is 2.28 bits per heavy atom. The van der Waals surface area contributed by atoms with Crippen LogP contribution >= 0.6 is 0 Å². The lowest BCUT2D eigenvalue weighted by atomic mass is 9.84. The maximum Gasteiger partial charge on any atom is 0.225 e. The van der Waals surface area contributed by atoms with Gasteiger partial charge in [-0.1, -0.05) is 18.2 Å². The van der Waals surface area contributed by atoms with Crippen LogP contribution in [0.1, 0.15) is 44.1 Å². The van der Waals surface area contributed by atoms with Crippen LogP contribution in [0.3, 0.4) is 0 Å². The normalized spacial score (nSPS) is 29.7. The molecular weight excluding hydrogens is 409 g/mol. The molecule has 32 heavy (non-hydrogen) atoms. The van der Waals surface area contributed by atoms with E-state index in [0.717, 1.165) is 32.2 Å². The Morgan fingerprint density at radius 1 is 1.03 bits per heavy atom. The summed E-state index contributed by atoms with van der Waals surface area (Å²) in [4.78, 5) is 31.8.